The molecule has 144 valence electrons. The Morgan fingerprint density at radius 2 is 1.86 bits per heavy atom. The van der Waals surface area contributed by atoms with Crippen LogP contribution in [0.3, 0.4) is 0 Å². The zero-order valence-corrected chi connectivity index (χ0v) is 15.9. The molecule has 0 bridgehead atoms. The average molecular weight is 376 g/mol. The summed E-state index contributed by atoms with van der Waals surface area (Å²) in [6.45, 7) is 2.59. The molecule has 0 unspecified atom stereocenters. The fourth-order valence-corrected chi connectivity index (χ4v) is 4.34. The van der Waals surface area contributed by atoms with Gasteiger partial charge in [-0.05, 0) is 62.1 Å². The van der Waals surface area contributed by atoms with E-state index in [1.807, 2.05) is 18.2 Å². The van der Waals surface area contributed by atoms with E-state index in [-0.39, 0.29) is 5.56 Å². The standard InChI is InChI=1S/C21H24N6O/c28-20-13-16-3-1-2-4-17(16)25-27(20)14-15-7-11-26(12-8-15)19-6-5-18-21(24-19)23-10-9-22-18/h5-6,9-10,13,15H,1-4,7-8,11-12,14H2. The van der Waals surface area contributed by atoms with Crippen LogP contribution in [0.5, 0.6) is 0 Å². The van der Waals surface area contributed by atoms with Crippen molar-refractivity contribution in [3.8, 4) is 0 Å². The molecule has 28 heavy (non-hydrogen) atoms. The molecule has 0 N–H and O–H groups in total. The Labute approximate surface area is 163 Å². The molecule has 3 aromatic rings. The molecule has 0 spiro atoms. The van der Waals surface area contributed by atoms with E-state index in [2.05, 4.69) is 25.0 Å². The smallest absolute Gasteiger partial charge is 0.267 e. The third kappa shape index (κ3) is 3.37. The molecule has 1 aliphatic carbocycles. The highest BCUT2D eigenvalue weighted by atomic mass is 16.1. The van der Waals surface area contributed by atoms with E-state index in [9.17, 15) is 4.79 Å². The highest BCUT2D eigenvalue weighted by molar-refractivity contribution is 5.71. The SMILES string of the molecule is O=c1cc2c(nn1CC1CCN(c3ccc4nccnc4n3)CC1)CCCC2. The molecule has 0 radical (unpaired) electrons. The third-order valence-corrected chi connectivity index (χ3v) is 5.96. The van der Waals surface area contributed by atoms with Crippen molar-refractivity contribution in [2.24, 2.45) is 5.92 Å². The summed E-state index contributed by atoms with van der Waals surface area (Å²) in [4.78, 5) is 28.0. The summed E-state index contributed by atoms with van der Waals surface area (Å²) in [6.07, 6.45) is 9.78. The van der Waals surface area contributed by atoms with Gasteiger partial charge in [0, 0.05) is 38.1 Å². The number of aromatic nitrogens is 5. The molecule has 4 heterocycles. The van der Waals surface area contributed by atoms with E-state index >= 15 is 0 Å². The van der Waals surface area contributed by atoms with Gasteiger partial charge in [0.1, 0.15) is 11.3 Å². The van der Waals surface area contributed by atoms with E-state index < -0.39 is 0 Å². The van der Waals surface area contributed by atoms with Crippen LogP contribution < -0.4 is 10.5 Å². The summed E-state index contributed by atoms with van der Waals surface area (Å²) in [7, 11) is 0. The molecule has 7 heteroatoms. The van der Waals surface area contributed by atoms with Crippen LogP contribution in [-0.4, -0.2) is 37.8 Å². The quantitative estimate of drug-likeness (QED) is 0.698. The fraction of sp³-hybridized carbons (Fsp3) is 0.476. The number of pyridine rings is 1. The lowest BCUT2D eigenvalue weighted by Crippen LogP contribution is -2.37. The van der Waals surface area contributed by atoms with Crippen LogP contribution in [-0.2, 0) is 19.4 Å². The van der Waals surface area contributed by atoms with Gasteiger partial charge in [0.15, 0.2) is 5.65 Å². The molecule has 1 aliphatic heterocycles. The second-order valence-electron chi connectivity index (χ2n) is 7.84. The summed E-state index contributed by atoms with van der Waals surface area (Å²) in [6, 6.07) is 5.82. The number of hydrogen-bond acceptors (Lipinski definition) is 6. The Balaban J connectivity index is 1.26. The predicted molar refractivity (Wildman–Crippen MR) is 107 cm³/mol. The van der Waals surface area contributed by atoms with E-state index in [4.69, 9.17) is 0 Å². The van der Waals surface area contributed by atoms with Gasteiger partial charge >= 0.3 is 0 Å². The molecular weight excluding hydrogens is 352 g/mol. The lowest BCUT2D eigenvalue weighted by molar-refractivity contribution is 0.331. The lowest BCUT2D eigenvalue weighted by Gasteiger charge is -2.33. The van der Waals surface area contributed by atoms with Crippen LogP contribution in [0.25, 0.3) is 11.2 Å². The maximum Gasteiger partial charge on any atom is 0.267 e. The highest BCUT2D eigenvalue weighted by Gasteiger charge is 2.22. The van der Waals surface area contributed by atoms with Crippen molar-refractivity contribution >= 4 is 17.0 Å². The Kier molecular flexibility index (Phi) is 4.50. The van der Waals surface area contributed by atoms with E-state index in [1.54, 1.807) is 17.1 Å². The lowest BCUT2D eigenvalue weighted by atomic mass is 9.96. The van der Waals surface area contributed by atoms with Crippen molar-refractivity contribution in [3.05, 3.63) is 52.2 Å². The minimum absolute atomic E-state index is 0.0536. The van der Waals surface area contributed by atoms with Gasteiger partial charge in [-0.15, -0.1) is 0 Å². The second kappa shape index (κ2) is 7.30. The molecule has 2 aliphatic rings. The van der Waals surface area contributed by atoms with Crippen LogP contribution in [0, 0.1) is 5.92 Å². The summed E-state index contributed by atoms with van der Waals surface area (Å²) in [5, 5.41) is 4.68. The van der Waals surface area contributed by atoms with Crippen LogP contribution in [0.1, 0.15) is 36.9 Å². The second-order valence-corrected chi connectivity index (χ2v) is 7.84. The molecule has 0 saturated carbocycles. The first-order chi connectivity index (χ1) is 13.8. The number of piperidine rings is 1. The van der Waals surface area contributed by atoms with Gasteiger partial charge in [0.05, 0.1) is 5.69 Å². The van der Waals surface area contributed by atoms with Gasteiger partial charge in [-0.25, -0.2) is 14.6 Å². The molecule has 3 aromatic heterocycles. The maximum atomic E-state index is 12.4. The van der Waals surface area contributed by atoms with Gasteiger partial charge < -0.3 is 4.90 Å². The number of anilines is 1. The van der Waals surface area contributed by atoms with Crippen LogP contribution in [0.4, 0.5) is 5.82 Å². The zero-order chi connectivity index (χ0) is 18.9. The van der Waals surface area contributed by atoms with Crippen molar-refractivity contribution in [1.82, 2.24) is 24.7 Å². The molecule has 0 aromatic carbocycles. The van der Waals surface area contributed by atoms with E-state index in [0.717, 1.165) is 67.9 Å². The molecule has 0 atom stereocenters. The van der Waals surface area contributed by atoms with Crippen molar-refractivity contribution < 1.29 is 0 Å². The summed E-state index contributed by atoms with van der Waals surface area (Å²) >= 11 is 0. The Morgan fingerprint density at radius 1 is 1.04 bits per heavy atom. The Hall–Kier alpha value is -2.83. The van der Waals surface area contributed by atoms with E-state index in [1.165, 1.54) is 12.8 Å². The first kappa shape index (κ1) is 17.3. The molecular formula is C21H24N6O. The first-order valence-electron chi connectivity index (χ1n) is 10.2. The maximum absolute atomic E-state index is 12.4. The molecule has 7 nitrogen and oxygen atoms in total. The van der Waals surface area contributed by atoms with Gasteiger partial charge in [0.25, 0.3) is 5.56 Å². The fourth-order valence-electron chi connectivity index (χ4n) is 4.34. The minimum atomic E-state index is 0.0536. The van der Waals surface area contributed by atoms with Crippen molar-refractivity contribution in [3.63, 3.8) is 0 Å². The van der Waals surface area contributed by atoms with Crippen molar-refractivity contribution in [1.29, 1.82) is 0 Å². The minimum Gasteiger partial charge on any atom is -0.357 e. The van der Waals surface area contributed by atoms with Gasteiger partial charge in [-0.3, -0.25) is 9.78 Å². The third-order valence-electron chi connectivity index (χ3n) is 5.96. The van der Waals surface area contributed by atoms with Gasteiger partial charge in [-0.2, -0.15) is 5.10 Å². The highest BCUT2D eigenvalue weighted by Crippen LogP contribution is 2.24. The number of hydrogen-bond donors (Lipinski definition) is 0. The summed E-state index contributed by atoms with van der Waals surface area (Å²) < 4.78 is 1.70. The van der Waals surface area contributed by atoms with E-state index in [0.29, 0.717) is 11.6 Å². The molecule has 1 saturated heterocycles. The number of nitrogens with zero attached hydrogens (tertiary/aromatic N) is 6. The van der Waals surface area contributed by atoms with Crippen molar-refractivity contribution in [2.75, 3.05) is 18.0 Å². The van der Waals surface area contributed by atoms with Crippen LogP contribution >= 0.6 is 0 Å². The average Bonchev–Trinajstić information content (AvgIpc) is 2.74. The zero-order valence-electron chi connectivity index (χ0n) is 15.9. The van der Waals surface area contributed by atoms with Crippen molar-refractivity contribution in [2.45, 2.75) is 45.1 Å². The van der Waals surface area contributed by atoms with Gasteiger partial charge in [0.2, 0.25) is 0 Å². The topological polar surface area (TPSA) is 76.8 Å². The van der Waals surface area contributed by atoms with Gasteiger partial charge in [-0.1, -0.05) is 0 Å². The number of fused-ring (bicyclic) bond motifs is 2. The molecule has 1 fully saturated rings. The Bertz CT molecular complexity index is 1050. The number of rotatable bonds is 3. The monoisotopic (exact) mass is 376 g/mol. The normalized spacial score (nSPS) is 17.6. The summed E-state index contributed by atoms with van der Waals surface area (Å²) in [5.74, 6) is 1.43. The molecule has 0 amide bonds. The number of aryl methyl sites for hydroxylation is 2. The predicted octanol–water partition coefficient (Wildman–Crippen LogP) is 2.38. The molecule has 5 rings (SSSR count). The van der Waals surface area contributed by atoms with Crippen LogP contribution in [0.2, 0.25) is 0 Å². The van der Waals surface area contributed by atoms with Crippen LogP contribution in [0.15, 0.2) is 35.4 Å². The summed E-state index contributed by atoms with van der Waals surface area (Å²) in [5.41, 5.74) is 3.85. The largest absolute Gasteiger partial charge is 0.357 e. The first-order valence-corrected chi connectivity index (χ1v) is 10.2. The Morgan fingerprint density at radius 3 is 2.75 bits per heavy atom.